The maximum absolute atomic E-state index is 13.5. The first-order valence-electron chi connectivity index (χ1n) is 7.05. The SMILES string of the molecule is COc1ccc(C(=O)NCCCN2CCCC2)cc1F. The minimum atomic E-state index is -0.516. The lowest BCUT2D eigenvalue weighted by Gasteiger charge is -2.14. The van der Waals surface area contributed by atoms with E-state index in [1.165, 1.54) is 32.1 Å². The van der Waals surface area contributed by atoms with Crippen LogP contribution in [0.5, 0.6) is 5.75 Å². The number of carbonyl (C=O) groups is 1. The summed E-state index contributed by atoms with van der Waals surface area (Å²) in [7, 11) is 1.40. The van der Waals surface area contributed by atoms with Crippen LogP contribution in [0.4, 0.5) is 4.39 Å². The summed E-state index contributed by atoms with van der Waals surface area (Å²) in [5.74, 6) is -0.610. The molecule has 0 bridgehead atoms. The van der Waals surface area contributed by atoms with Crippen molar-refractivity contribution in [3.63, 3.8) is 0 Å². The van der Waals surface area contributed by atoms with Crippen molar-refractivity contribution in [2.75, 3.05) is 33.3 Å². The average molecular weight is 280 g/mol. The monoisotopic (exact) mass is 280 g/mol. The summed E-state index contributed by atoms with van der Waals surface area (Å²) in [6, 6.07) is 4.24. The van der Waals surface area contributed by atoms with Crippen LogP contribution in [0.15, 0.2) is 18.2 Å². The zero-order chi connectivity index (χ0) is 14.4. The van der Waals surface area contributed by atoms with Crippen LogP contribution >= 0.6 is 0 Å². The molecule has 0 spiro atoms. The number of hydrogen-bond donors (Lipinski definition) is 1. The van der Waals surface area contributed by atoms with Gasteiger partial charge in [0.1, 0.15) is 0 Å². The Morgan fingerprint density at radius 1 is 1.40 bits per heavy atom. The molecule has 1 aromatic rings. The smallest absolute Gasteiger partial charge is 0.251 e. The Hall–Kier alpha value is -1.62. The molecule has 0 atom stereocenters. The van der Waals surface area contributed by atoms with Crippen molar-refractivity contribution in [1.29, 1.82) is 0 Å². The van der Waals surface area contributed by atoms with Gasteiger partial charge in [-0.3, -0.25) is 4.79 Å². The fourth-order valence-electron chi connectivity index (χ4n) is 2.42. The second-order valence-corrected chi connectivity index (χ2v) is 5.01. The highest BCUT2D eigenvalue weighted by molar-refractivity contribution is 5.94. The van der Waals surface area contributed by atoms with Gasteiger partial charge in [0.2, 0.25) is 0 Å². The molecule has 20 heavy (non-hydrogen) atoms. The molecule has 1 amide bonds. The Morgan fingerprint density at radius 2 is 2.15 bits per heavy atom. The van der Waals surface area contributed by atoms with Gasteiger partial charge in [-0.05, 0) is 57.1 Å². The Kier molecular flexibility index (Phi) is 5.35. The van der Waals surface area contributed by atoms with Gasteiger partial charge in [0.15, 0.2) is 11.6 Å². The minimum Gasteiger partial charge on any atom is -0.494 e. The highest BCUT2D eigenvalue weighted by Gasteiger charge is 2.12. The third-order valence-electron chi connectivity index (χ3n) is 3.55. The van der Waals surface area contributed by atoms with Gasteiger partial charge in [0, 0.05) is 12.1 Å². The van der Waals surface area contributed by atoms with E-state index in [0.717, 1.165) is 26.1 Å². The Morgan fingerprint density at radius 3 is 2.80 bits per heavy atom. The number of rotatable bonds is 6. The highest BCUT2D eigenvalue weighted by atomic mass is 19.1. The van der Waals surface area contributed by atoms with Crippen LogP contribution in [0, 0.1) is 5.82 Å². The maximum atomic E-state index is 13.5. The normalized spacial score (nSPS) is 15.3. The summed E-state index contributed by atoms with van der Waals surface area (Å²) in [5, 5.41) is 2.81. The Bertz CT molecular complexity index is 459. The number of halogens is 1. The zero-order valence-corrected chi connectivity index (χ0v) is 11.8. The second kappa shape index (κ2) is 7.24. The third-order valence-corrected chi connectivity index (χ3v) is 3.55. The standard InChI is InChI=1S/C15H21FN2O2/c1-20-14-6-5-12(11-13(14)16)15(19)17-7-4-10-18-8-2-3-9-18/h5-6,11H,2-4,7-10H2,1H3,(H,17,19). The topological polar surface area (TPSA) is 41.6 Å². The number of ether oxygens (including phenoxy) is 1. The van der Waals surface area contributed by atoms with Crippen molar-refractivity contribution in [3.05, 3.63) is 29.6 Å². The molecule has 110 valence electrons. The number of hydrogen-bond acceptors (Lipinski definition) is 3. The van der Waals surface area contributed by atoms with E-state index < -0.39 is 5.82 Å². The summed E-state index contributed by atoms with van der Waals surface area (Å²) < 4.78 is 18.3. The van der Waals surface area contributed by atoms with Crippen molar-refractivity contribution in [2.45, 2.75) is 19.3 Å². The van der Waals surface area contributed by atoms with Gasteiger partial charge in [0.05, 0.1) is 7.11 Å². The average Bonchev–Trinajstić information content (AvgIpc) is 2.96. The molecule has 1 saturated heterocycles. The molecule has 0 aliphatic carbocycles. The number of methoxy groups -OCH3 is 1. The zero-order valence-electron chi connectivity index (χ0n) is 11.8. The molecule has 1 fully saturated rings. The van der Waals surface area contributed by atoms with E-state index in [4.69, 9.17) is 4.74 Å². The van der Waals surface area contributed by atoms with Gasteiger partial charge in [0.25, 0.3) is 5.91 Å². The Balaban J connectivity index is 1.75. The lowest BCUT2D eigenvalue weighted by molar-refractivity contribution is 0.0951. The highest BCUT2D eigenvalue weighted by Crippen LogP contribution is 2.17. The fraction of sp³-hybridized carbons (Fsp3) is 0.533. The molecular weight excluding hydrogens is 259 g/mol. The van der Waals surface area contributed by atoms with Crippen molar-refractivity contribution < 1.29 is 13.9 Å². The minimum absolute atomic E-state index is 0.149. The molecule has 0 radical (unpaired) electrons. The van der Waals surface area contributed by atoms with Crippen molar-refractivity contribution >= 4 is 5.91 Å². The van der Waals surface area contributed by atoms with Crippen LogP contribution < -0.4 is 10.1 Å². The molecule has 1 aliphatic rings. The summed E-state index contributed by atoms with van der Waals surface area (Å²) in [4.78, 5) is 14.3. The number of nitrogens with one attached hydrogen (secondary N) is 1. The third kappa shape index (κ3) is 3.93. The van der Waals surface area contributed by atoms with E-state index in [1.54, 1.807) is 6.07 Å². The molecule has 0 saturated carbocycles. The summed E-state index contributed by atoms with van der Waals surface area (Å²) in [6.45, 7) is 3.95. The molecule has 2 rings (SSSR count). The van der Waals surface area contributed by atoms with Gasteiger partial charge in [-0.2, -0.15) is 0 Å². The van der Waals surface area contributed by atoms with E-state index in [0.29, 0.717) is 12.1 Å². The van der Waals surface area contributed by atoms with Crippen LogP contribution in [-0.2, 0) is 0 Å². The first kappa shape index (κ1) is 14.8. The number of amides is 1. The summed E-state index contributed by atoms with van der Waals surface area (Å²) in [5.41, 5.74) is 0.324. The van der Waals surface area contributed by atoms with Gasteiger partial charge in [-0.25, -0.2) is 4.39 Å². The van der Waals surface area contributed by atoms with Gasteiger partial charge in [-0.15, -0.1) is 0 Å². The molecule has 4 nitrogen and oxygen atoms in total. The number of benzene rings is 1. The molecule has 1 N–H and O–H groups in total. The van der Waals surface area contributed by atoms with Crippen LogP contribution in [0.1, 0.15) is 29.6 Å². The Labute approximate surface area is 118 Å². The largest absolute Gasteiger partial charge is 0.494 e. The molecule has 1 aliphatic heterocycles. The van der Waals surface area contributed by atoms with E-state index >= 15 is 0 Å². The van der Waals surface area contributed by atoms with Crippen molar-refractivity contribution in [1.82, 2.24) is 10.2 Å². The molecule has 0 unspecified atom stereocenters. The second-order valence-electron chi connectivity index (χ2n) is 5.01. The lowest BCUT2D eigenvalue weighted by Crippen LogP contribution is -2.28. The van der Waals surface area contributed by atoms with Crippen LogP contribution in [-0.4, -0.2) is 44.1 Å². The molecule has 1 heterocycles. The summed E-state index contributed by atoms with van der Waals surface area (Å²) in [6.07, 6.45) is 3.47. The van der Waals surface area contributed by atoms with E-state index in [9.17, 15) is 9.18 Å². The van der Waals surface area contributed by atoms with Crippen LogP contribution in [0.3, 0.4) is 0 Å². The van der Waals surface area contributed by atoms with E-state index in [1.807, 2.05) is 0 Å². The molecule has 1 aromatic carbocycles. The summed E-state index contributed by atoms with van der Waals surface area (Å²) >= 11 is 0. The molecule has 5 heteroatoms. The van der Waals surface area contributed by atoms with Crippen LogP contribution in [0.25, 0.3) is 0 Å². The van der Waals surface area contributed by atoms with Gasteiger partial charge >= 0.3 is 0 Å². The number of likely N-dealkylation sites (tertiary alicyclic amines) is 1. The van der Waals surface area contributed by atoms with Gasteiger partial charge in [-0.1, -0.05) is 0 Å². The van der Waals surface area contributed by atoms with Crippen molar-refractivity contribution in [2.24, 2.45) is 0 Å². The van der Waals surface area contributed by atoms with Crippen molar-refractivity contribution in [3.8, 4) is 5.75 Å². The molecule has 0 aromatic heterocycles. The first-order valence-corrected chi connectivity index (χ1v) is 7.05. The molecular formula is C15H21FN2O2. The quantitative estimate of drug-likeness (QED) is 0.811. The fourth-order valence-corrected chi connectivity index (χ4v) is 2.42. The van der Waals surface area contributed by atoms with E-state index in [2.05, 4.69) is 10.2 Å². The lowest BCUT2D eigenvalue weighted by atomic mass is 10.2. The predicted molar refractivity (Wildman–Crippen MR) is 75.6 cm³/mol. The maximum Gasteiger partial charge on any atom is 0.251 e. The number of carbonyl (C=O) groups excluding carboxylic acids is 1. The predicted octanol–water partition coefficient (Wildman–Crippen LogP) is 2.05. The number of nitrogens with zero attached hydrogens (tertiary/aromatic N) is 1. The van der Waals surface area contributed by atoms with Crippen LogP contribution in [0.2, 0.25) is 0 Å². The van der Waals surface area contributed by atoms with E-state index in [-0.39, 0.29) is 11.7 Å². The van der Waals surface area contributed by atoms with Gasteiger partial charge < -0.3 is 15.0 Å². The first-order chi connectivity index (χ1) is 9.70.